The summed E-state index contributed by atoms with van der Waals surface area (Å²) in [6, 6.07) is 9.56. The standard InChI is InChI=1S/C19H21ClN2O4S/c1-3-19(23)22-10-4-5-13-11-15(7-8-17(13)22)27(24,25)21-16-12-14(20)6-9-18(16)26-2/h6-9,11-12,21H,3-5,10H2,1-2H3. The molecule has 0 atom stereocenters. The Morgan fingerprint density at radius 1 is 1.26 bits per heavy atom. The lowest BCUT2D eigenvalue weighted by Gasteiger charge is -2.29. The number of sulfonamides is 1. The first-order valence-electron chi connectivity index (χ1n) is 8.65. The predicted octanol–water partition coefficient (Wildman–Crippen LogP) is 3.84. The number of rotatable bonds is 5. The first-order chi connectivity index (χ1) is 12.9. The van der Waals surface area contributed by atoms with Crippen molar-refractivity contribution in [3.8, 4) is 5.75 Å². The third kappa shape index (κ3) is 4.04. The predicted molar refractivity (Wildman–Crippen MR) is 106 cm³/mol. The fraction of sp³-hybridized carbons (Fsp3) is 0.316. The minimum atomic E-state index is -3.83. The summed E-state index contributed by atoms with van der Waals surface area (Å²) in [5.41, 5.74) is 1.90. The average Bonchev–Trinajstić information content (AvgIpc) is 2.66. The normalized spacial score (nSPS) is 13.8. The van der Waals surface area contributed by atoms with Gasteiger partial charge in [-0.05, 0) is 54.8 Å². The Hall–Kier alpha value is -2.25. The zero-order valence-corrected chi connectivity index (χ0v) is 16.7. The van der Waals surface area contributed by atoms with E-state index in [4.69, 9.17) is 16.3 Å². The number of carbonyl (C=O) groups is 1. The van der Waals surface area contributed by atoms with Crippen LogP contribution in [-0.4, -0.2) is 28.0 Å². The Balaban J connectivity index is 1.95. The zero-order chi connectivity index (χ0) is 19.6. The quantitative estimate of drug-likeness (QED) is 0.815. The van der Waals surface area contributed by atoms with Crippen LogP contribution in [0.2, 0.25) is 5.02 Å². The summed E-state index contributed by atoms with van der Waals surface area (Å²) < 4.78 is 33.4. The van der Waals surface area contributed by atoms with Gasteiger partial charge in [-0.1, -0.05) is 18.5 Å². The second-order valence-corrected chi connectivity index (χ2v) is 8.36. The summed E-state index contributed by atoms with van der Waals surface area (Å²) in [6.45, 7) is 2.47. The number of hydrogen-bond donors (Lipinski definition) is 1. The Morgan fingerprint density at radius 2 is 2.04 bits per heavy atom. The van der Waals surface area contributed by atoms with Crippen molar-refractivity contribution < 1.29 is 17.9 Å². The first-order valence-corrected chi connectivity index (χ1v) is 10.5. The minimum absolute atomic E-state index is 0.0355. The van der Waals surface area contributed by atoms with Gasteiger partial charge >= 0.3 is 0 Å². The number of methoxy groups -OCH3 is 1. The van der Waals surface area contributed by atoms with E-state index in [0.29, 0.717) is 23.7 Å². The van der Waals surface area contributed by atoms with Crippen molar-refractivity contribution in [2.45, 2.75) is 31.1 Å². The number of nitrogens with one attached hydrogen (secondary N) is 1. The van der Waals surface area contributed by atoms with Crippen molar-refractivity contribution in [1.82, 2.24) is 0 Å². The van der Waals surface area contributed by atoms with Gasteiger partial charge in [0, 0.05) is 23.7 Å². The second kappa shape index (κ2) is 7.78. The number of hydrogen-bond acceptors (Lipinski definition) is 4. The smallest absolute Gasteiger partial charge is 0.262 e. The van der Waals surface area contributed by atoms with Crippen molar-refractivity contribution in [3.63, 3.8) is 0 Å². The zero-order valence-electron chi connectivity index (χ0n) is 15.2. The van der Waals surface area contributed by atoms with Gasteiger partial charge in [0.15, 0.2) is 0 Å². The van der Waals surface area contributed by atoms with E-state index in [1.807, 2.05) is 6.92 Å². The molecule has 0 saturated heterocycles. The molecule has 1 aliphatic rings. The van der Waals surface area contributed by atoms with Crippen LogP contribution in [0.25, 0.3) is 0 Å². The molecule has 1 heterocycles. The van der Waals surface area contributed by atoms with Crippen molar-refractivity contribution >= 4 is 38.9 Å². The number of amides is 1. The molecule has 0 bridgehead atoms. The topological polar surface area (TPSA) is 75.7 Å². The van der Waals surface area contributed by atoms with Crippen LogP contribution in [0.4, 0.5) is 11.4 Å². The van der Waals surface area contributed by atoms with E-state index in [1.54, 1.807) is 29.2 Å². The van der Waals surface area contributed by atoms with Gasteiger partial charge in [-0.3, -0.25) is 9.52 Å². The molecule has 0 fully saturated rings. The summed E-state index contributed by atoms with van der Waals surface area (Å²) in [5.74, 6) is 0.411. The Kier molecular flexibility index (Phi) is 5.62. The maximum Gasteiger partial charge on any atom is 0.262 e. The van der Waals surface area contributed by atoms with Crippen molar-refractivity contribution in [1.29, 1.82) is 0 Å². The van der Waals surface area contributed by atoms with Gasteiger partial charge in [0.2, 0.25) is 5.91 Å². The van der Waals surface area contributed by atoms with Crippen LogP contribution in [-0.2, 0) is 21.2 Å². The molecule has 2 aromatic carbocycles. The van der Waals surface area contributed by atoms with E-state index in [2.05, 4.69) is 4.72 Å². The number of anilines is 2. The van der Waals surface area contributed by atoms with Crippen molar-refractivity contribution in [2.24, 2.45) is 0 Å². The highest BCUT2D eigenvalue weighted by Gasteiger charge is 2.24. The van der Waals surface area contributed by atoms with Crippen LogP contribution >= 0.6 is 11.6 Å². The average molecular weight is 409 g/mol. The van der Waals surface area contributed by atoms with E-state index in [1.165, 1.54) is 19.2 Å². The van der Waals surface area contributed by atoms with Gasteiger partial charge < -0.3 is 9.64 Å². The molecule has 0 radical (unpaired) electrons. The summed E-state index contributed by atoms with van der Waals surface area (Å²) in [5, 5.41) is 0.396. The number of carbonyl (C=O) groups excluding carboxylic acids is 1. The lowest BCUT2D eigenvalue weighted by Crippen LogP contribution is -2.35. The maximum atomic E-state index is 12.8. The molecule has 0 saturated carbocycles. The number of benzene rings is 2. The highest BCUT2D eigenvalue weighted by molar-refractivity contribution is 7.92. The van der Waals surface area contributed by atoms with Crippen molar-refractivity contribution in [3.05, 3.63) is 47.0 Å². The molecular weight excluding hydrogens is 388 g/mol. The third-order valence-corrected chi connectivity index (χ3v) is 6.09. The van der Waals surface area contributed by atoms with Crippen LogP contribution in [0.15, 0.2) is 41.3 Å². The number of aryl methyl sites for hydroxylation is 1. The monoisotopic (exact) mass is 408 g/mol. The van der Waals surface area contributed by atoms with E-state index in [0.717, 1.165) is 24.1 Å². The summed E-state index contributed by atoms with van der Waals surface area (Å²) in [7, 11) is -2.37. The molecule has 1 amide bonds. The van der Waals surface area contributed by atoms with Crippen LogP contribution in [0.3, 0.4) is 0 Å². The summed E-state index contributed by atoms with van der Waals surface area (Å²) >= 11 is 5.98. The molecule has 1 aliphatic heterocycles. The van der Waals surface area contributed by atoms with Gasteiger partial charge in [0.05, 0.1) is 17.7 Å². The molecule has 0 aromatic heterocycles. The molecule has 2 aromatic rings. The highest BCUT2D eigenvalue weighted by atomic mass is 35.5. The fourth-order valence-electron chi connectivity index (χ4n) is 3.15. The lowest BCUT2D eigenvalue weighted by molar-refractivity contribution is -0.118. The second-order valence-electron chi connectivity index (χ2n) is 6.24. The molecule has 0 aliphatic carbocycles. The molecule has 3 rings (SSSR count). The van der Waals surface area contributed by atoms with Crippen LogP contribution in [0, 0.1) is 0 Å². The van der Waals surface area contributed by atoms with Gasteiger partial charge in [0.1, 0.15) is 5.75 Å². The number of halogens is 1. The van der Waals surface area contributed by atoms with E-state index < -0.39 is 10.0 Å². The summed E-state index contributed by atoms with van der Waals surface area (Å²) in [4.78, 5) is 14.0. The van der Waals surface area contributed by atoms with E-state index in [-0.39, 0.29) is 16.5 Å². The molecule has 0 unspecified atom stereocenters. The minimum Gasteiger partial charge on any atom is -0.495 e. The fourth-order valence-corrected chi connectivity index (χ4v) is 4.44. The van der Waals surface area contributed by atoms with Gasteiger partial charge in [-0.2, -0.15) is 0 Å². The van der Waals surface area contributed by atoms with Gasteiger partial charge in [-0.15, -0.1) is 0 Å². The molecule has 27 heavy (non-hydrogen) atoms. The van der Waals surface area contributed by atoms with Crippen molar-refractivity contribution in [2.75, 3.05) is 23.3 Å². The number of fused-ring (bicyclic) bond motifs is 1. The van der Waals surface area contributed by atoms with Gasteiger partial charge in [-0.25, -0.2) is 8.42 Å². The van der Waals surface area contributed by atoms with Gasteiger partial charge in [0.25, 0.3) is 10.0 Å². The molecule has 144 valence electrons. The number of ether oxygens (including phenoxy) is 1. The maximum absolute atomic E-state index is 12.8. The molecule has 1 N–H and O–H groups in total. The summed E-state index contributed by atoms with van der Waals surface area (Å²) in [6.07, 6.45) is 1.94. The lowest BCUT2D eigenvalue weighted by atomic mass is 10.0. The molecule has 8 heteroatoms. The van der Waals surface area contributed by atoms with Crippen LogP contribution in [0.1, 0.15) is 25.3 Å². The molecular formula is C19H21ClN2O4S. The highest BCUT2D eigenvalue weighted by Crippen LogP contribution is 2.33. The first kappa shape index (κ1) is 19.5. The SMILES string of the molecule is CCC(=O)N1CCCc2cc(S(=O)(=O)Nc3cc(Cl)ccc3OC)ccc21. The van der Waals surface area contributed by atoms with Crippen LogP contribution < -0.4 is 14.4 Å². The number of nitrogens with zero attached hydrogens (tertiary/aromatic N) is 1. The van der Waals surface area contributed by atoms with E-state index in [9.17, 15) is 13.2 Å². The largest absolute Gasteiger partial charge is 0.495 e. The van der Waals surface area contributed by atoms with Crippen LogP contribution in [0.5, 0.6) is 5.75 Å². The Morgan fingerprint density at radius 3 is 2.74 bits per heavy atom. The van der Waals surface area contributed by atoms with E-state index >= 15 is 0 Å². The Labute approximate surface area is 164 Å². The molecule has 0 spiro atoms. The third-order valence-electron chi connectivity index (χ3n) is 4.49. The Bertz CT molecular complexity index is 976. The molecule has 6 nitrogen and oxygen atoms in total.